The zero-order valence-corrected chi connectivity index (χ0v) is 9.65. The van der Waals surface area contributed by atoms with E-state index in [9.17, 15) is 8.42 Å². The van der Waals surface area contributed by atoms with Crippen LogP contribution in [0.25, 0.3) is 0 Å². The van der Waals surface area contributed by atoms with Crippen molar-refractivity contribution in [2.45, 2.75) is 17.3 Å². The van der Waals surface area contributed by atoms with Gasteiger partial charge in [0.1, 0.15) is 0 Å². The summed E-state index contributed by atoms with van der Waals surface area (Å²) in [4.78, 5) is 0.281. The van der Waals surface area contributed by atoms with Crippen LogP contribution in [0.4, 0.5) is 0 Å². The maximum absolute atomic E-state index is 12.1. The smallest absolute Gasteiger partial charge is 0.221 e. The Balaban J connectivity index is 2.35. The molecule has 1 aliphatic rings. The van der Waals surface area contributed by atoms with Gasteiger partial charge >= 0.3 is 0 Å². The second kappa shape index (κ2) is 4.14. The van der Waals surface area contributed by atoms with Crippen molar-refractivity contribution in [2.75, 3.05) is 0 Å². The topological polar surface area (TPSA) is 43.4 Å². The lowest BCUT2D eigenvalue weighted by Crippen LogP contribution is -2.21. The molecule has 1 aliphatic heterocycles. The molecule has 1 unspecified atom stereocenters. The molecule has 0 saturated carbocycles. The average Bonchev–Trinajstić information content (AvgIpc) is 2.31. The molecule has 0 N–H and O–H groups in total. The number of rotatable bonds is 2. The van der Waals surface area contributed by atoms with Crippen LogP contribution in [0.2, 0.25) is 0 Å². The number of hydrogen-bond donors (Lipinski definition) is 0. The van der Waals surface area contributed by atoms with Gasteiger partial charge in [0.15, 0.2) is 0 Å². The quantitative estimate of drug-likeness (QED) is 0.790. The van der Waals surface area contributed by atoms with Gasteiger partial charge in [-0.1, -0.05) is 23.8 Å². The fraction of sp³-hybridized carbons (Fsp3) is 0.167. The third-order valence-electron chi connectivity index (χ3n) is 2.33. The second-order valence-corrected chi connectivity index (χ2v) is 5.60. The largest absolute Gasteiger partial charge is 0.478 e. The van der Waals surface area contributed by atoms with Gasteiger partial charge in [-0.15, -0.1) is 0 Å². The maximum Gasteiger partial charge on any atom is 0.221 e. The average molecular weight is 236 g/mol. The van der Waals surface area contributed by atoms with E-state index in [1.807, 2.05) is 6.92 Å². The Morgan fingerprint density at radius 3 is 2.38 bits per heavy atom. The predicted molar refractivity (Wildman–Crippen MR) is 61.5 cm³/mol. The first kappa shape index (κ1) is 11.0. The molecule has 0 spiro atoms. The minimum absolute atomic E-state index is 0.281. The molecule has 1 aromatic rings. The van der Waals surface area contributed by atoms with Crippen molar-refractivity contribution in [3.63, 3.8) is 0 Å². The first-order chi connectivity index (χ1) is 7.60. The summed E-state index contributed by atoms with van der Waals surface area (Å²) in [6.45, 7) is 1.91. The fourth-order valence-corrected chi connectivity index (χ4v) is 2.70. The van der Waals surface area contributed by atoms with E-state index >= 15 is 0 Å². The summed E-state index contributed by atoms with van der Waals surface area (Å²) in [6.07, 6.45) is 6.23. The van der Waals surface area contributed by atoms with Crippen molar-refractivity contribution >= 4 is 9.84 Å². The van der Waals surface area contributed by atoms with Crippen LogP contribution in [-0.4, -0.2) is 13.9 Å². The Bertz CT molecular complexity index is 524. The number of benzene rings is 1. The third kappa shape index (κ3) is 2.02. The van der Waals surface area contributed by atoms with Gasteiger partial charge in [-0.05, 0) is 31.2 Å². The van der Waals surface area contributed by atoms with Crippen molar-refractivity contribution in [3.8, 4) is 0 Å². The van der Waals surface area contributed by atoms with E-state index in [-0.39, 0.29) is 4.90 Å². The molecule has 0 fully saturated rings. The molecule has 0 radical (unpaired) electrons. The summed E-state index contributed by atoms with van der Waals surface area (Å²) in [6, 6.07) is 6.74. The first-order valence-corrected chi connectivity index (χ1v) is 6.45. The van der Waals surface area contributed by atoms with Gasteiger partial charge in [0.2, 0.25) is 15.3 Å². The minimum atomic E-state index is -3.44. The van der Waals surface area contributed by atoms with E-state index in [0.717, 1.165) is 5.56 Å². The zero-order chi connectivity index (χ0) is 11.6. The van der Waals surface area contributed by atoms with Crippen LogP contribution in [0.15, 0.2) is 53.7 Å². The summed E-state index contributed by atoms with van der Waals surface area (Å²) in [5.74, 6) is 0. The van der Waals surface area contributed by atoms with Crippen LogP contribution in [0.5, 0.6) is 0 Å². The van der Waals surface area contributed by atoms with Gasteiger partial charge < -0.3 is 4.74 Å². The third-order valence-corrected chi connectivity index (χ3v) is 4.14. The maximum atomic E-state index is 12.1. The van der Waals surface area contributed by atoms with Gasteiger partial charge in [0, 0.05) is 0 Å². The van der Waals surface area contributed by atoms with Crippen LogP contribution >= 0.6 is 0 Å². The standard InChI is InChI=1S/C12H12O3S/c1-10-5-7-11(8-6-10)16(13,14)12-4-2-3-9-15-12/h2-9,12H,1H3. The molecule has 3 nitrogen and oxygen atoms in total. The van der Waals surface area contributed by atoms with Crippen molar-refractivity contribution in [3.05, 3.63) is 54.3 Å². The normalized spacial score (nSPS) is 19.4. The molecule has 1 heterocycles. The number of sulfone groups is 1. The van der Waals surface area contributed by atoms with Gasteiger partial charge in [-0.3, -0.25) is 0 Å². The Labute approximate surface area is 95.0 Å². The summed E-state index contributed by atoms with van der Waals surface area (Å²) in [7, 11) is -3.44. The highest BCUT2D eigenvalue weighted by molar-refractivity contribution is 7.92. The molecule has 0 aromatic heterocycles. The Hall–Kier alpha value is -1.55. The molecule has 1 aromatic carbocycles. The van der Waals surface area contributed by atoms with Crippen LogP contribution in [0.1, 0.15) is 5.56 Å². The monoisotopic (exact) mass is 236 g/mol. The van der Waals surface area contributed by atoms with Crippen LogP contribution in [0, 0.1) is 6.92 Å². The summed E-state index contributed by atoms with van der Waals surface area (Å²) in [5.41, 5.74) is 0.110. The molecule has 0 aliphatic carbocycles. The first-order valence-electron chi connectivity index (χ1n) is 4.90. The van der Waals surface area contributed by atoms with Crippen LogP contribution < -0.4 is 0 Å². The van der Waals surface area contributed by atoms with Crippen molar-refractivity contribution in [2.24, 2.45) is 0 Å². The lowest BCUT2D eigenvalue weighted by Gasteiger charge is -2.15. The lowest BCUT2D eigenvalue weighted by molar-refractivity contribution is 0.245. The highest BCUT2D eigenvalue weighted by Crippen LogP contribution is 2.20. The second-order valence-electron chi connectivity index (χ2n) is 3.58. The molecular formula is C12H12O3S. The molecule has 2 rings (SSSR count). The Morgan fingerprint density at radius 2 is 1.81 bits per heavy atom. The number of allylic oxidation sites excluding steroid dienone is 2. The lowest BCUT2D eigenvalue weighted by atomic mass is 10.2. The number of ether oxygens (including phenoxy) is 1. The van der Waals surface area contributed by atoms with Gasteiger partial charge in [-0.2, -0.15) is 0 Å². The summed E-state index contributed by atoms with van der Waals surface area (Å²) >= 11 is 0. The van der Waals surface area contributed by atoms with Crippen molar-refractivity contribution < 1.29 is 13.2 Å². The zero-order valence-electron chi connectivity index (χ0n) is 8.83. The summed E-state index contributed by atoms with van der Waals surface area (Å²) < 4.78 is 29.2. The molecule has 0 saturated heterocycles. The molecular weight excluding hydrogens is 224 g/mol. The van der Waals surface area contributed by atoms with E-state index in [1.54, 1.807) is 36.4 Å². The molecule has 4 heteroatoms. The van der Waals surface area contributed by atoms with E-state index in [1.165, 1.54) is 12.3 Å². The molecule has 0 amide bonds. The van der Waals surface area contributed by atoms with Crippen molar-refractivity contribution in [1.82, 2.24) is 0 Å². The molecule has 1 atom stereocenters. The van der Waals surface area contributed by atoms with Gasteiger partial charge in [0.25, 0.3) is 0 Å². The number of hydrogen-bond acceptors (Lipinski definition) is 3. The van der Waals surface area contributed by atoms with Crippen molar-refractivity contribution in [1.29, 1.82) is 0 Å². The van der Waals surface area contributed by atoms with Gasteiger partial charge in [-0.25, -0.2) is 8.42 Å². The van der Waals surface area contributed by atoms with Gasteiger partial charge in [0.05, 0.1) is 11.2 Å². The SMILES string of the molecule is Cc1ccc(S(=O)(=O)C2C=CC=CO2)cc1. The Kier molecular flexibility index (Phi) is 2.83. The Morgan fingerprint density at radius 1 is 1.12 bits per heavy atom. The molecule has 16 heavy (non-hydrogen) atoms. The van der Waals surface area contributed by atoms with E-state index in [0.29, 0.717) is 0 Å². The van der Waals surface area contributed by atoms with E-state index in [2.05, 4.69) is 0 Å². The molecule has 0 bridgehead atoms. The number of aryl methyl sites for hydroxylation is 1. The highest BCUT2D eigenvalue weighted by atomic mass is 32.2. The highest BCUT2D eigenvalue weighted by Gasteiger charge is 2.26. The van der Waals surface area contributed by atoms with E-state index < -0.39 is 15.3 Å². The molecule has 84 valence electrons. The minimum Gasteiger partial charge on any atom is -0.478 e. The van der Waals surface area contributed by atoms with Crippen LogP contribution in [0.3, 0.4) is 0 Å². The fourth-order valence-electron chi connectivity index (χ4n) is 1.41. The predicted octanol–water partition coefficient (Wildman–Crippen LogP) is 2.19. The van der Waals surface area contributed by atoms with Crippen LogP contribution in [-0.2, 0) is 14.6 Å². The van der Waals surface area contributed by atoms with E-state index in [4.69, 9.17) is 4.74 Å². The summed E-state index contributed by atoms with van der Waals surface area (Å²) in [5, 5.41) is 0.